The zero-order valence-corrected chi connectivity index (χ0v) is 18.2. The highest BCUT2D eigenvalue weighted by atomic mass is 16.6. The molecule has 1 aromatic heterocycles. The van der Waals surface area contributed by atoms with E-state index in [0.29, 0.717) is 23.5 Å². The predicted molar refractivity (Wildman–Crippen MR) is 124 cm³/mol. The first-order valence-corrected chi connectivity index (χ1v) is 10.6. The third-order valence-corrected chi connectivity index (χ3v) is 5.34. The summed E-state index contributed by atoms with van der Waals surface area (Å²) in [6.45, 7) is 2.52. The van der Waals surface area contributed by atoms with E-state index >= 15 is 0 Å². The van der Waals surface area contributed by atoms with E-state index in [-0.39, 0.29) is 17.1 Å². The fourth-order valence-corrected chi connectivity index (χ4v) is 3.77. The van der Waals surface area contributed by atoms with E-state index in [1.54, 1.807) is 48.5 Å². The molecule has 172 valence electrons. The molecule has 2 aromatic carbocycles. The number of carbonyl (C=O) groups excluding carboxylic acids is 2. The van der Waals surface area contributed by atoms with Crippen molar-refractivity contribution >= 4 is 29.0 Å². The van der Waals surface area contributed by atoms with E-state index < -0.39 is 28.4 Å². The molecule has 9 nitrogen and oxygen atoms in total. The van der Waals surface area contributed by atoms with Crippen LogP contribution in [0.3, 0.4) is 0 Å². The van der Waals surface area contributed by atoms with E-state index in [4.69, 9.17) is 4.74 Å². The highest BCUT2D eigenvalue weighted by Gasteiger charge is 2.47. The van der Waals surface area contributed by atoms with Gasteiger partial charge in [0.1, 0.15) is 17.3 Å². The fraction of sp³-hybridized carbons (Fsp3) is 0.160. The van der Waals surface area contributed by atoms with Gasteiger partial charge in [-0.1, -0.05) is 25.1 Å². The maximum Gasteiger partial charge on any atom is 0.301 e. The molecule has 0 aliphatic carbocycles. The molecule has 1 N–H and O–H groups in total. The fourth-order valence-electron chi connectivity index (χ4n) is 3.77. The first-order valence-electron chi connectivity index (χ1n) is 10.6. The monoisotopic (exact) mass is 459 g/mol. The lowest BCUT2D eigenvalue weighted by Gasteiger charge is -2.24. The molecule has 9 heteroatoms. The van der Waals surface area contributed by atoms with Crippen LogP contribution in [0.2, 0.25) is 0 Å². The molecule has 0 radical (unpaired) electrons. The summed E-state index contributed by atoms with van der Waals surface area (Å²) in [6, 6.07) is 15.8. The van der Waals surface area contributed by atoms with Crippen molar-refractivity contribution in [3.63, 3.8) is 0 Å². The van der Waals surface area contributed by atoms with Crippen molar-refractivity contribution in [1.29, 1.82) is 0 Å². The van der Waals surface area contributed by atoms with Gasteiger partial charge in [-0.25, -0.2) is 4.98 Å². The van der Waals surface area contributed by atoms with Crippen LogP contribution in [-0.2, 0) is 9.59 Å². The Morgan fingerprint density at radius 2 is 1.88 bits per heavy atom. The minimum absolute atomic E-state index is 0.182. The van der Waals surface area contributed by atoms with Crippen molar-refractivity contribution in [3.8, 4) is 5.75 Å². The van der Waals surface area contributed by atoms with Crippen molar-refractivity contribution < 1.29 is 24.4 Å². The SMILES string of the molecule is CCCOc1ccc(/C(O)=C2\C(=O)C(=O)N(c3ccccn3)[C@H]2c2cccc([N+](=O)[O-])c2)cc1. The number of anilines is 1. The molecule has 4 rings (SSSR count). The minimum Gasteiger partial charge on any atom is -0.507 e. The molecule has 1 fully saturated rings. The molecule has 0 saturated carbocycles. The number of nitrogens with zero attached hydrogens (tertiary/aromatic N) is 3. The van der Waals surface area contributed by atoms with Gasteiger partial charge in [0.15, 0.2) is 0 Å². The number of ether oxygens (including phenoxy) is 1. The second-order valence-electron chi connectivity index (χ2n) is 7.58. The summed E-state index contributed by atoms with van der Waals surface area (Å²) in [6.07, 6.45) is 2.30. The van der Waals surface area contributed by atoms with Gasteiger partial charge in [-0.3, -0.25) is 24.6 Å². The smallest absolute Gasteiger partial charge is 0.301 e. The zero-order valence-electron chi connectivity index (χ0n) is 18.2. The molecule has 0 bridgehead atoms. The molecule has 0 spiro atoms. The number of benzene rings is 2. The van der Waals surface area contributed by atoms with Crippen molar-refractivity contribution in [1.82, 2.24) is 4.98 Å². The Kier molecular flexibility index (Phi) is 6.35. The number of pyridine rings is 1. The van der Waals surface area contributed by atoms with Crippen LogP contribution in [-0.4, -0.2) is 33.3 Å². The van der Waals surface area contributed by atoms with Gasteiger partial charge in [0.25, 0.3) is 11.5 Å². The number of rotatable bonds is 7. The standard InChI is InChI=1S/C25H21N3O6/c1-2-14-34-19-11-9-16(10-12-19)23(29)21-22(17-6-5-7-18(15-17)28(32)33)27(25(31)24(21)30)20-8-3-4-13-26-20/h3-13,15,22,29H,2,14H2,1H3/b23-21+/t22-/m0/s1. The van der Waals surface area contributed by atoms with Crippen molar-refractivity contribution in [2.75, 3.05) is 11.5 Å². The lowest BCUT2D eigenvalue weighted by molar-refractivity contribution is -0.384. The third-order valence-electron chi connectivity index (χ3n) is 5.34. The average molecular weight is 459 g/mol. The van der Waals surface area contributed by atoms with Crippen molar-refractivity contribution in [3.05, 3.63) is 99.7 Å². The molecule has 0 unspecified atom stereocenters. The Morgan fingerprint density at radius 1 is 1.12 bits per heavy atom. The number of nitro benzene ring substituents is 1. The number of aromatic nitrogens is 1. The highest BCUT2D eigenvalue weighted by molar-refractivity contribution is 6.51. The maximum absolute atomic E-state index is 13.1. The van der Waals surface area contributed by atoms with Crippen molar-refractivity contribution in [2.45, 2.75) is 19.4 Å². The van der Waals surface area contributed by atoms with Crippen LogP contribution in [0.25, 0.3) is 5.76 Å². The predicted octanol–water partition coefficient (Wildman–Crippen LogP) is 4.40. The summed E-state index contributed by atoms with van der Waals surface area (Å²) in [5.74, 6) is -1.41. The summed E-state index contributed by atoms with van der Waals surface area (Å²) in [5, 5.41) is 22.5. The minimum atomic E-state index is -1.11. The molecule has 34 heavy (non-hydrogen) atoms. The number of aliphatic hydroxyl groups excluding tert-OH is 1. The van der Waals surface area contributed by atoms with Gasteiger partial charge >= 0.3 is 5.91 Å². The van der Waals surface area contributed by atoms with Gasteiger partial charge in [0, 0.05) is 23.9 Å². The number of hydrogen-bond acceptors (Lipinski definition) is 7. The lowest BCUT2D eigenvalue weighted by atomic mass is 9.95. The van der Waals surface area contributed by atoms with Gasteiger partial charge in [0.2, 0.25) is 0 Å². The maximum atomic E-state index is 13.1. The van der Waals surface area contributed by atoms with Gasteiger partial charge in [-0.2, -0.15) is 0 Å². The number of non-ortho nitro benzene ring substituents is 1. The van der Waals surface area contributed by atoms with E-state index in [1.807, 2.05) is 6.92 Å². The van der Waals surface area contributed by atoms with E-state index in [1.165, 1.54) is 24.4 Å². The molecular formula is C25H21N3O6. The number of nitro groups is 1. The van der Waals surface area contributed by atoms with Crippen LogP contribution in [0.1, 0.15) is 30.5 Å². The van der Waals surface area contributed by atoms with E-state index in [2.05, 4.69) is 4.98 Å². The molecule has 1 atom stereocenters. The summed E-state index contributed by atoms with van der Waals surface area (Å²) < 4.78 is 5.56. The third kappa shape index (κ3) is 4.23. The molecule has 1 aliphatic heterocycles. The summed E-state index contributed by atoms with van der Waals surface area (Å²) in [4.78, 5) is 42.3. The number of ketones is 1. The van der Waals surface area contributed by atoms with E-state index in [0.717, 1.165) is 11.3 Å². The first kappa shape index (κ1) is 22.7. The number of amides is 1. The van der Waals surface area contributed by atoms with Crippen LogP contribution >= 0.6 is 0 Å². The quantitative estimate of drug-likeness (QED) is 0.183. The van der Waals surface area contributed by atoms with Crippen LogP contribution in [0.5, 0.6) is 5.75 Å². The molecule has 1 saturated heterocycles. The van der Waals surface area contributed by atoms with Crippen LogP contribution < -0.4 is 9.64 Å². The number of aliphatic hydroxyl groups is 1. The van der Waals surface area contributed by atoms with Crippen LogP contribution in [0, 0.1) is 10.1 Å². The van der Waals surface area contributed by atoms with Crippen molar-refractivity contribution in [2.24, 2.45) is 0 Å². The lowest BCUT2D eigenvalue weighted by Crippen LogP contribution is -2.30. The average Bonchev–Trinajstić information content (AvgIpc) is 3.13. The van der Waals surface area contributed by atoms with Crippen LogP contribution in [0.4, 0.5) is 11.5 Å². The second kappa shape index (κ2) is 9.53. The van der Waals surface area contributed by atoms with Gasteiger partial charge in [-0.15, -0.1) is 0 Å². The van der Waals surface area contributed by atoms with Gasteiger partial charge < -0.3 is 9.84 Å². The highest BCUT2D eigenvalue weighted by Crippen LogP contribution is 2.42. The Bertz CT molecular complexity index is 1270. The topological polar surface area (TPSA) is 123 Å². The molecule has 2 heterocycles. The largest absolute Gasteiger partial charge is 0.507 e. The molecule has 3 aromatic rings. The molecule has 1 amide bonds. The summed E-state index contributed by atoms with van der Waals surface area (Å²) in [7, 11) is 0. The van der Waals surface area contributed by atoms with E-state index in [9.17, 15) is 24.8 Å². The second-order valence-corrected chi connectivity index (χ2v) is 7.58. The number of Topliss-reactive ketones (excluding diaryl/α,β-unsaturated/α-hetero) is 1. The Balaban J connectivity index is 1.87. The Hall–Kier alpha value is -4.53. The molecule has 1 aliphatic rings. The van der Waals surface area contributed by atoms with Gasteiger partial charge in [-0.05, 0) is 48.4 Å². The molecular weight excluding hydrogens is 438 g/mol. The Morgan fingerprint density at radius 3 is 2.53 bits per heavy atom. The number of hydrogen-bond donors (Lipinski definition) is 1. The van der Waals surface area contributed by atoms with Crippen LogP contribution in [0.15, 0.2) is 78.5 Å². The van der Waals surface area contributed by atoms with Gasteiger partial charge in [0.05, 0.1) is 23.1 Å². The first-order chi connectivity index (χ1) is 16.4. The summed E-state index contributed by atoms with van der Waals surface area (Å²) in [5.41, 5.74) is 0.210. The Labute approximate surface area is 195 Å². The summed E-state index contributed by atoms with van der Waals surface area (Å²) >= 11 is 0. The number of carbonyl (C=O) groups is 2. The zero-order chi connectivity index (χ0) is 24.2. The normalized spacial score (nSPS) is 17.1.